The van der Waals surface area contributed by atoms with E-state index < -0.39 is 17.8 Å². The summed E-state index contributed by atoms with van der Waals surface area (Å²) in [5, 5.41) is 0. The normalized spacial score (nSPS) is 19.8. The van der Waals surface area contributed by atoms with E-state index in [0.717, 1.165) is 19.3 Å². The van der Waals surface area contributed by atoms with Crippen LogP contribution < -0.4 is 25.8 Å². The molecule has 1 fully saturated rings. The number of alkyl halides is 3. The van der Waals surface area contributed by atoms with Gasteiger partial charge in [0, 0.05) is 6.07 Å². The van der Waals surface area contributed by atoms with E-state index in [9.17, 15) is 13.2 Å². The minimum absolute atomic E-state index is 0.0423. The molecule has 1 spiro atoms. The van der Waals surface area contributed by atoms with Crippen LogP contribution in [0.25, 0.3) is 0 Å². The van der Waals surface area contributed by atoms with Gasteiger partial charge < -0.3 is 20.9 Å². The number of guanidine groups is 2. The summed E-state index contributed by atoms with van der Waals surface area (Å²) in [6.07, 6.45) is -0.645. The van der Waals surface area contributed by atoms with Gasteiger partial charge in [-0.15, -0.1) is 13.2 Å². The summed E-state index contributed by atoms with van der Waals surface area (Å²) >= 11 is 0. The lowest BCUT2D eigenvalue weighted by Crippen LogP contribution is -2.58. The first-order valence-corrected chi connectivity index (χ1v) is 8.18. The van der Waals surface area contributed by atoms with E-state index in [-0.39, 0.29) is 17.7 Å². The maximum Gasteiger partial charge on any atom is 0.573 e. The highest BCUT2D eigenvalue weighted by Gasteiger charge is 2.43. The molecular weight excluding hydrogens is 351 g/mol. The number of nitrogens with two attached hydrogens (primary N) is 2. The number of aliphatic imine (C=N–C) groups is 2. The Balaban J connectivity index is 2.05. The highest BCUT2D eigenvalue weighted by atomic mass is 19.4. The lowest BCUT2D eigenvalue weighted by molar-refractivity contribution is -0.275. The monoisotopic (exact) mass is 371 g/mol. The van der Waals surface area contributed by atoms with Gasteiger partial charge in [0.25, 0.3) is 0 Å². The van der Waals surface area contributed by atoms with E-state index >= 15 is 0 Å². The van der Waals surface area contributed by atoms with Crippen molar-refractivity contribution in [3.8, 4) is 11.5 Å². The molecule has 7 nitrogen and oxygen atoms in total. The van der Waals surface area contributed by atoms with Gasteiger partial charge in [0.05, 0.1) is 12.8 Å². The Labute approximate surface area is 148 Å². The largest absolute Gasteiger partial charge is 0.573 e. The molecular formula is C16H20F3N5O2. The number of rotatable bonds is 3. The van der Waals surface area contributed by atoms with E-state index in [4.69, 9.17) is 16.2 Å². The maximum atomic E-state index is 12.7. The van der Waals surface area contributed by atoms with Crippen LogP contribution in [0.3, 0.4) is 0 Å². The van der Waals surface area contributed by atoms with Gasteiger partial charge in [0.15, 0.2) is 11.5 Å². The summed E-state index contributed by atoms with van der Waals surface area (Å²) < 4.78 is 47.2. The topological polar surface area (TPSA) is 98.5 Å². The number of nitrogens with zero attached hydrogens (tertiary/aromatic N) is 3. The molecule has 0 radical (unpaired) electrons. The van der Waals surface area contributed by atoms with Crippen LogP contribution in [-0.4, -0.2) is 31.1 Å². The fraction of sp³-hybridized carbons (Fsp3) is 0.500. The molecule has 0 bridgehead atoms. The molecule has 2 aliphatic rings. The van der Waals surface area contributed by atoms with E-state index in [1.807, 2.05) is 0 Å². The zero-order chi connectivity index (χ0) is 18.9. The van der Waals surface area contributed by atoms with Gasteiger partial charge >= 0.3 is 6.36 Å². The van der Waals surface area contributed by atoms with Crippen molar-refractivity contribution in [2.75, 3.05) is 12.0 Å². The van der Waals surface area contributed by atoms with Crippen LogP contribution >= 0.6 is 0 Å². The number of anilines is 1. The minimum Gasteiger partial charge on any atom is -0.493 e. The lowest BCUT2D eigenvalue weighted by atomic mass is 9.87. The molecule has 1 aromatic rings. The summed E-state index contributed by atoms with van der Waals surface area (Å²) in [5.74, 6) is -0.346. The Morgan fingerprint density at radius 2 is 1.81 bits per heavy atom. The second-order valence-corrected chi connectivity index (χ2v) is 6.20. The standard InChI is InChI=1S/C16H20F3N5O2/c1-25-11-6-5-10(9-12(11)26-16(17,18)19)24-14(21)22-13(20)23-15(24)7-3-2-4-8-15/h5-6,9H,2-4,7-8H2,1H3,(H4,20,21,22,23). The van der Waals surface area contributed by atoms with Crippen LogP contribution in [0, 0.1) is 0 Å². The molecule has 1 heterocycles. The molecule has 1 aliphatic heterocycles. The quantitative estimate of drug-likeness (QED) is 0.851. The predicted molar refractivity (Wildman–Crippen MR) is 91.2 cm³/mol. The highest BCUT2D eigenvalue weighted by molar-refractivity contribution is 6.05. The molecule has 10 heteroatoms. The van der Waals surface area contributed by atoms with Crippen molar-refractivity contribution in [2.45, 2.75) is 44.1 Å². The highest BCUT2D eigenvalue weighted by Crippen LogP contribution is 2.42. The third-order valence-corrected chi connectivity index (χ3v) is 4.48. The van der Waals surface area contributed by atoms with Crippen LogP contribution in [0.2, 0.25) is 0 Å². The molecule has 3 rings (SSSR count). The van der Waals surface area contributed by atoms with Crippen molar-refractivity contribution >= 4 is 17.6 Å². The van der Waals surface area contributed by atoms with E-state index in [2.05, 4.69) is 14.7 Å². The van der Waals surface area contributed by atoms with E-state index in [1.165, 1.54) is 19.2 Å². The molecule has 142 valence electrons. The molecule has 1 aromatic carbocycles. The minimum atomic E-state index is -4.85. The fourth-order valence-corrected chi connectivity index (χ4v) is 3.50. The molecule has 26 heavy (non-hydrogen) atoms. The first-order chi connectivity index (χ1) is 12.2. The smallest absolute Gasteiger partial charge is 0.493 e. The van der Waals surface area contributed by atoms with Crippen LogP contribution in [-0.2, 0) is 0 Å². The lowest BCUT2D eigenvalue weighted by Gasteiger charge is -2.45. The third-order valence-electron chi connectivity index (χ3n) is 4.48. The van der Waals surface area contributed by atoms with E-state index in [1.54, 1.807) is 11.0 Å². The first kappa shape index (κ1) is 18.2. The Kier molecular flexibility index (Phi) is 4.59. The average molecular weight is 371 g/mol. The summed E-state index contributed by atoms with van der Waals surface area (Å²) in [5.41, 5.74) is 11.5. The zero-order valence-corrected chi connectivity index (χ0v) is 14.2. The van der Waals surface area contributed by atoms with Gasteiger partial charge in [-0.3, -0.25) is 4.90 Å². The van der Waals surface area contributed by atoms with E-state index in [0.29, 0.717) is 18.5 Å². The molecule has 4 N–H and O–H groups in total. The van der Waals surface area contributed by atoms with Gasteiger partial charge in [-0.1, -0.05) is 6.42 Å². The van der Waals surface area contributed by atoms with Gasteiger partial charge in [0.1, 0.15) is 5.66 Å². The van der Waals surface area contributed by atoms with Crippen molar-refractivity contribution in [2.24, 2.45) is 21.5 Å². The average Bonchev–Trinajstić information content (AvgIpc) is 2.53. The number of methoxy groups -OCH3 is 1. The summed E-state index contributed by atoms with van der Waals surface area (Å²) in [7, 11) is 1.27. The number of hydrogen-bond donors (Lipinski definition) is 2. The summed E-state index contributed by atoms with van der Waals surface area (Å²) in [6, 6.07) is 4.21. The second kappa shape index (κ2) is 6.58. The maximum absolute atomic E-state index is 12.7. The Morgan fingerprint density at radius 1 is 1.12 bits per heavy atom. The molecule has 1 aliphatic carbocycles. The van der Waals surface area contributed by atoms with Crippen molar-refractivity contribution in [3.63, 3.8) is 0 Å². The van der Waals surface area contributed by atoms with Crippen LogP contribution in [0.4, 0.5) is 18.9 Å². The zero-order valence-electron chi connectivity index (χ0n) is 14.2. The third kappa shape index (κ3) is 3.49. The van der Waals surface area contributed by atoms with Gasteiger partial charge in [-0.25, -0.2) is 4.99 Å². The predicted octanol–water partition coefficient (Wildman–Crippen LogP) is 2.70. The second-order valence-electron chi connectivity index (χ2n) is 6.20. The Hall–Kier alpha value is -2.65. The molecule has 0 amide bonds. The van der Waals surface area contributed by atoms with Crippen molar-refractivity contribution in [3.05, 3.63) is 18.2 Å². The Bertz CT molecular complexity index is 742. The van der Waals surface area contributed by atoms with Crippen molar-refractivity contribution in [1.29, 1.82) is 0 Å². The molecule has 0 atom stereocenters. The van der Waals surface area contributed by atoms with Crippen LogP contribution in [0.5, 0.6) is 11.5 Å². The number of ether oxygens (including phenoxy) is 2. The van der Waals surface area contributed by atoms with Crippen molar-refractivity contribution in [1.82, 2.24) is 0 Å². The van der Waals surface area contributed by atoms with Crippen molar-refractivity contribution < 1.29 is 22.6 Å². The molecule has 0 unspecified atom stereocenters. The summed E-state index contributed by atoms with van der Waals surface area (Å²) in [4.78, 5) is 10.1. The molecule has 1 saturated carbocycles. The van der Waals surface area contributed by atoms with Gasteiger partial charge in [0.2, 0.25) is 11.9 Å². The first-order valence-electron chi connectivity index (χ1n) is 8.18. The molecule has 0 aromatic heterocycles. The van der Waals surface area contributed by atoms with Gasteiger partial charge in [-0.05, 0) is 37.8 Å². The Morgan fingerprint density at radius 3 is 2.42 bits per heavy atom. The van der Waals surface area contributed by atoms with Gasteiger partial charge in [-0.2, -0.15) is 4.99 Å². The summed E-state index contributed by atoms with van der Waals surface area (Å²) in [6.45, 7) is 0. The molecule has 0 saturated heterocycles. The number of halogens is 3. The van der Waals surface area contributed by atoms with Crippen LogP contribution in [0.15, 0.2) is 28.2 Å². The SMILES string of the molecule is COc1ccc(N2C(N)=NC(N)=NC23CCCCC3)cc1OC(F)(F)F. The fourth-order valence-electron chi connectivity index (χ4n) is 3.50. The van der Waals surface area contributed by atoms with Crippen LogP contribution in [0.1, 0.15) is 32.1 Å². The number of benzene rings is 1. The number of hydrogen-bond acceptors (Lipinski definition) is 7.